The number of hydrogen-bond acceptors (Lipinski definition) is 7. The molecule has 1 atom stereocenters. The first-order valence-corrected chi connectivity index (χ1v) is 11.8. The van der Waals surface area contributed by atoms with Crippen LogP contribution in [0, 0.1) is 0 Å². The zero-order valence-electron chi connectivity index (χ0n) is 18.8. The Kier molecular flexibility index (Phi) is 5.95. The Bertz CT molecular complexity index is 977. The molecule has 0 aromatic carbocycles. The third-order valence-electron chi connectivity index (χ3n) is 7.10. The fourth-order valence-corrected chi connectivity index (χ4v) is 5.25. The molecule has 3 saturated heterocycles. The number of aromatic nitrogens is 4. The molecule has 2 amide bonds. The summed E-state index contributed by atoms with van der Waals surface area (Å²) in [5.41, 5.74) is 0.812. The van der Waals surface area contributed by atoms with Crippen LogP contribution in [0.2, 0.25) is 0 Å². The number of piperidine rings is 1. The van der Waals surface area contributed by atoms with Gasteiger partial charge in [-0.1, -0.05) is 6.42 Å². The van der Waals surface area contributed by atoms with Crippen molar-refractivity contribution >= 4 is 28.7 Å². The predicted octanol–water partition coefficient (Wildman–Crippen LogP) is 0.489. The van der Waals surface area contributed by atoms with Crippen LogP contribution in [0.5, 0.6) is 0 Å². The van der Waals surface area contributed by atoms with Crippen LogP contribution in [0.4, 0.5) is 5.82 Å². The molecule has 0 bridgehead atoms. The summed E-state index contributed by atoms with van der Waals surface area (Å²) in [7, 11) is 1.87. The summed E-state index contributed by atoms with van der Waals surface area (Å²) in [6, 6.07) is -0.132. The normalized spacial score (nSPS) is 22.7. The van der Waals surface area contributed by atoms with E-state index in [0.29, 0.717) is 19.6 Å². The van der Waals surface area contributed by atoms with Crippen LogP contribution in [0.15, 0.2) is 12.5 Å². The Labute approximate surface area is 188 Å². The van der Waals surface area contributed by atoms with Crippen LogP contribution in [-0.4, -0.2) is 105 Å². The highest BCUT2D eigenvalue weighted by atomic mass is 16.2. The van der Waals surface area contributed by atoms with Crippen LogP contribution in [0.3, 0.4) is 0 Å². The van der Waals surface area contributed by atoms with E-state index < -0.39 is 0 Å². The number of piperazine rings is 1. The highest BCUT2D eigenvalue weighted by Gasteiger charge is 2.35. The summed E-state index contributed by atoms with van der Waals surface area (Å²) < 4.78 is 1.75. The number of carbonyl (C=O) groups excluding carboxylic acids is 2. The molecule has 32 heavy (non-hydrogen) atoms. The van der Waals surface area contributed by atoms with Gasteiger partial charge >= 0.3 is 0 Å². The molecular formula is C22H32N8O2. The van der Waals surface area contributed by atoms with Crippen LogP contribution in [0.25, 0.3) is 11.0 Å². The van der Waals surface area contributed by atoms with Crippen molar-refractivity contribution in [1.82, 2.24) is 34.4 Å². The lowest BCUT2D eigenvalue weighted by atomic mass is 10.0. The molecule has 0 N–H and O–H groups in total. The fraction of sp³-hybridized carbons (Fsp3) is 0.682. The van der Waals surface area contributed by atoms with E-state index in [-0.39, 0.29) is 17.9 Å². The van der Waals surface area contributed by atoms with Crippen LogP contribution in [0.1, 0.15) is 32.1 Å². The molecular weight excluding hydrogens is 408 g/mol. The van der Waals surface area contributed by atoms with E-state index in [9.17, 15) is 9.59 Å². The summed E-state index contributed by atoms with van der Waals surface area (Å²) in [4.78, 5) is 43.2. The standard InChI is InChI=1S/C22H32N8O2/c1-26-20-17(14-25-26)21(24-16-23-20)28-12-10-27(11-13-28)19(31)15-30-9-3-2-6-18(30)22(32)29-7-4-5-8-29/h14,16,18H,2-13,15H2,1H3. The van der Waals surface area contributed by atoms with Crippen molar-refractivity contribution in [2.75, 3.05) is 57.3 Å². The molecule has 0 saturated carbocycles. The second-order valence-electron chi connectivity index (χ2n) is 9.09. The van der Waals surface area contributed by atoms with Gasteiger partial charge in [-0.25, -0.2) is 9.97 Å². The van der Waals surface area contributed by atoms with Gasteiger partial charge in [0.15, 0.2) is 5.65 Å². The number of fused-ring (bicyclic) bond motifs is 1. The number of hydrogen-bond donors (Lipinski definition) is 0. The molecule has 172 valence electrons. The summed E-state index contributed by atoms with van der Waals surface area (Å²) in [6.45, 7) is 5.66. The lowest BCUT2D eigenvalue weighted by Crippen LogP contribution is -2.55. The molecule has 2 aromatic heterocycles. The zero-order chi connectivity index (χ0) is 22.1. The molecule has 10 heteroatoms. The van der Waals surface area contributed by atoms with Crippen molar-refractivity contribution in [2.24, 2.45) is 7.05 Å². The predicted molar refractivity (Wildman–Crippen MR) is 120 cm³/mol. The number of rotatable bonds is 4. The number of anilines is 1. The van der Waals surface area contributed by atoms with Gasteiger partial charge in [-0.15, -0.1) is 0 Å². The highest BCUT2D eigenvalue weighted by molar-refractivity contribution is 5.87. The Morgan fingerprint density at radius 1 is 0.938 bits per heavy atom. The van der Waals surface area contributed by atoms with Gasteiger partial charge in [0, 0.05) is 46.3 Å². The number of aryl methyl sites for hydroxylation is 1. The average Bonchev–Trinajstić information content (AvgIpc) is 3.50. The van der Waals surface area contributed by atoms with Crippen molar-refractivity contribution in [1.29, 1.82) is 0 Å². The monoisotopic (exact) mass is 440 g/mol. The summed E-state index contributed by atoms with van der Waals surface area (Å²) in [5.74, 6) is 1.23. The third kappa shape index (κ3) is 4.03. The first-order chi connectivity index (χ1) is 15.6. The third-order valence-corrected chi connectivity index (χ3v) is 7.10. The number of carbonyl (C=O) groups is 2. The molecule has 0 radical (unpaired) electrons. The van der Waals surface area contributed by atoms with E-state index in [1.807, 2.05) is 16.8 Å². The maximum absolute atomic E-state index is 13.1. The van der Waals surface area contributed by atoms with Gasteiger partial charge < -0.3 is 14.7 Å². The van der Waals surface area contributed by atoms with Gasteiger partial charge in [0.25, 0.3) is 0 Å². The van der Waals surface area contributed by atoms with Gasteiger partial charge in [-0.05, 0) is 32.2 Å². The molecule has 10 nitrogen and oxygen atoms in total. The van der Waals surface area contributed by atoms with Crippen molar-refractivity contribution in [3.8, 4) is 0 Å². The largest absolute Gasteiger partial charge is 0.352 e. The lowest BCUT2D eigenvalue weighted by Gasteiger charge is -2.39. The molecule has 5 rings (SSSR count). The summed E-state index contributed by atoms with van der Waals surface area (Å²) >= 11 is 0. The van der Waals surface area contributed by atoms with Gasteiger partial charge in [-0.2, -0.15) is 5.10 Å². The van der Waals surface area contributed by atoms with Crippen molar-refractivity contribution < 1.29 is 9.59 Å². The Balaban J connectivity index is 1.20. The fourth-order valence-electron chi connectivity index (χ4n) is 5.25. The van der Waals surface area contributed by atoms with Crippen LogP contribution in [-0.2, 0) is 16.6 Å². The highest BCUT2D eigenvalue weighted by Crippen LogP contribution is 2.24. The van der Waals surface area contributed by atoms with Crippen molar-refractivity contribution in [3.63, 3.8) is 0 Å². The minimum absolute atomic E-state index is 0.125. The summed E-state index contributed by atoms with van der Waals surface area (Å²) in [5, 5.41) is 5.23. The number of likely N-dealkylation sites (tertiary alicyclic amines) is 2. The maximum atomic E-state index is 13.1. The van der Waals surface area contributed by atoms with E-state index in [1.165, 1.54) is 0 Å². The second kappa shape index (κ2) is 9.01. The van der Waals surface area contributed by atoms with Crippen molar-refractivity contribution in [3.05, 3.63) is 12.5 Å². The van der Waals surface area contributed by atoms with E-state index in [2.05, 4.69) is 24.9 Å². The van der Waals surface area contributed by atoms with E-state index in [4.69, 9.17) is 0 Å². The minimum Gasteiger partial charge on any atom is -0.352 e. The minimum atomic E-state index is -0.132. The van der Waals surface area contributed by atoms with E-state index >= 15 is 0 Å². The first-order valence-electron chi connectivity index (χ1n) is 11.8. The molecule has 2 aromatic rings. The van der Waals surface area contributed by atoms with Gasteiger partial charge in [-0.3, -0.25) is 19.2 Å². The van der Waals surface area contributed by atoms with Gasteiger partial charge in [0.2, 0.25) is 11.8 Å². The van der Waals surface area contributed by atoms with Gasteiger partial charge in [0.1, 0.15) is 12.1 Å². The summed E-state index contributed by atoms with van der Waals surface area (Å²) in [6.07, 6.45) is 8.56. The lowest BCUT2D eigenvalue weighted by molar-refractivity contribution is -0.140. The number of nitrogens with zero attached hydrogens (tertiary/aromatic N) is 8. The Hall–Kier alpha value is -2.75. The Morgan fingerprint density at radius 3 is 2.47 bits per heavy atom. The first kappa shape index (κ1) is 21.1. The quantitative estimate of drug-likeness (QED) is 0.683. The molecule has 3 aliphatic heterocycles. The smallest absolute Gasteiger partial charge is 0.239 e. The van der Waals surface area contributed by atoms with E-state index in [1.54, 1.807) is 17.2 Å². The molecule has 0 spiro atoms. The zero-order valence-corrected chi connectivity index (χ0v) is 18.8. The van der Waals surface area contributed by atoms with E-state index in [0.717, 1.165) is 81.7 Å². The molecule has 3 aliphatic rings. The number of amides is 2. The second-order valence-corrected chi connectivity index (χ2v) is 9.09. The molecule has 5 heterocycles. The topological polar surface area (TPSA) is 90.7 Å². The molecule has 1 unspecified atom stereocenters. The van der Waals surface area contributed by atoms with Crippen LogP contribution < -0.4 is 4.90 Å². The SMILES string of the molecule is Cn1ncc2c(N3CCN(C(=O)CN4CCCCC4C(=O)N4CCCC4)CC3)ncnc21. The van der Waals surface area contributed by atoms with Gasteiger partial charge in [0.05, 0.1) is 24.2 Å². The molecule has 3 fully saturated rings. The van der Waals surface area contributed by atoms with Crippen LogP contribution >= 0.6 is 0 Å². The average molecular weight is 441 g/mol. The molecule has 0 aliphatic carbocycles. The van der Waals surface area contributed by atoms with Crippen molar-refractivity contribution in [2.45, 2.75) is 38.1 Å². The maximum Gasteiger partial charge on any atom is 0.239 e. The Morgan fingerprint density at radius 2 is 1.69 bits per heavy atom.